The minimum Gasteiger partial charge on any atom is -0.325 e. The third-order valence-corrected chi connectivity index (χ3v) is 2.11. The Bertz CT molecular complexity index is 184. The molecule has 0 aliphatic carbocycles. The number of ketones is 1. The van der Waals surface area contributed by atoms with Crippen molar-refractivity contribution in [3.63, 3.8) is 0 Å². The summed E-state index contributed by atoms with van der Waals surface area (Å²) in [7, 11) is 2.05. The second-order valence-electron chi connectivity index (χ2n) is 3.14. The predicted molar refractivity (Wildman–Crippen MR) is 40.0 cm³/mol. The van der Waals surface area contributed by atoms with Gasteiger partial charge in [-0.2, -0.15) is 0 Å². The van der Waals surface area contributed by atoms with Crippen molar-refractivity contribution in [1.82, 2.24) is 0 Å². The number of likely N-dealkylation sites (N-methyl/N-ethyl adjacent to an activating group) is 1. The van der Waals surface area contributed by atoms with Crippen molar-refractivity contribution in [3.8, 4) is 0 Å². The lowest BCUT2D eigenvalue weighted by Gasteiger charge is -2.23. The average molecular weight is 140 g/mol. The number of hydrogen-bond donors (Lipinski definition) is 1. The van der Waals surface area contributed by atoms with Crippen LogP contribution in [0.25, 0.3) is 0 Å². The summed E-state index contributed by atoms with van der Waals surface area (Å²) in [4.78, 5) is 12.4. The van der Waals surface area contributed by atoms with E-state index in [4.69, 9.17) is 0 Å². The van der Waals surface area contributed by atoms with E-state index in [-0.39, 0.29) is 11.8 Å². The fraction of sp³-hybridized carbons (Fsp3) is 0.625. The molecule has 1 heterocycles. The minimum atomic E-state index is 0.156. The molecule has 1 aliphatic rings. The second kappa shape index (κ2) is 2.54. The molecule has 0 saturated heterocycles. The Balaban J connectivity index is 2.79. The summed E-state index contributed by atoms with van der Waals surface area (Å²) in [6.45, 7) is 4.99. The van der Waals surface area contributed by atoms with Crippen LogP contribution in [0.5, 0.6) is 0 Å². The summed E-state index contributed by atoms with van der Waals surface area (Å²) in [5.41, 5.74) is 1.20. The summed E-state index contributed by atoms with van der Waals surface area (Å²) in [6, 6.07) is 0.156. The molecule has 2 heteroatoms. The Labute approximate surface area is 61.5 Å². The van der Waals surface area contributed by atoms with Gasteiger partial charge in [0.05, 0.1) is 13.6 Å². The van der Waals surface area contributed by atoms with Crippen molar-refractivity contribution >= 4 is 5.78 Å². The van der Waals surface area contributed by atoms with E-state index in [9.17, 15) is 4.79 Å². The van der Waals surface area contributed by atoms with E-state index in [1.54, 1.807) is 6.08 Å². The molecule has 0 fully saturated rings. The molecule has 1 N–H and O–H groups in total. The highest BCUT2D eigenvalue weighted by molar-refractivity contribution is 5.94. The Kier molecular flexibility index (Phi) is 1.90. The molecular formula is C8H14NO+. The standard InChI is InChI=1S/C8H13NO/c1-6-4-8(10)7(2)9(3)5-6/h4,7H,5H2,1-3H3/p+1/t7-/m0/s1. The monoisotopic (exact) mass is 140 g/mol. The molecule has 56 valence electrons. The number of carbonyl (C=O) groups is 1. The lowest BCUT2D eigenvalue weighted by atomic mass is 10.1. The molecule has 0 bridgehead atoms. The molecule has 0 aromatic rings. The maximum atomic E-state index is 11.1. The molecule has 2 atom stereocenters. The molecule has 1 aliphatic heterocycles. The first-order chi connectivity index (χ1) is 4.61. The summed E-state index contributed by atoms with van der Waals surface area (Å²) in [6.07, 6.45) is 1.76. The van der Waals surface area contributed by atoms with E-state index in [0.29, 0.717) is 0 Å². The first-order valence-electron chi connectivity index (χ1n) is 3.64. The van der Waals surface area contributed by atoms with Gasteiger partial charge in [-0.3, -0.25) is 4.79 Å². The number of nitrogens with one attached hydrogen (secondary N) is 1. The molecular weight excluding hydrogens is 126 g/mol. The van der Waals surface area contributed by atoms with E-state index in [1.165, 1.54) is 10.5 Å². The highest BCUT2D eigenvalue weighted by atomic mass is 16.1. The van der Waals surface area contributed by atoms with Gasteiger partial charge in [-0.15, -0.1) is 0 Å². The van der Waals surface area contributed by atoms with Crippen LogP contribution >= 0.6 is 0 Å². The zero-order chi connectivity index (χ0) is 7.72. The molecule has 0 amide bonds. The minimum absolute atomic E-state index is 0.156. The van der Waals surface area contributed by atoms with E-state index in [0.717, 1.165) is 6.54 Å². The van der Waals surface area contributed by atoms with Gasteiger partial charge in [0.2, 0.25) is 5.78 Å². The van der Waals surface area contributed by atoms with Crippen molar-refractivity contribution in [3.05, 3.63) is 11.6 Å². The topological polar surface area (TPSA) is 21.5 Å². The molecule has 0 aromatic carbocycles. The van der Waals surface area contributed by atoms with Gasteiger partial charge >= 0.3 is 0 Å². The third kappa shape index (κ3) is 1.27. The first-order valence-corrected chi connectivity index (χ1v) is 3.64. The highest BCUT2D eigenvalue weighted by Crippen LogP contribution is 1.96. The Morgan fingerprint density at radius 1 is 1.70 bits per heavy atom. The van der Waals surface area contributed by atoms with Gasteiger partial charge in [0.1, 0.15) is 6.04 Å². The van der Waals surface area contributed by atoms with Crippen LogP contribution in [0.4, 0.5) is 0 Å². The second-order valence-corrected chi connectivity index (χ2v) is 3.14. The van der Waals surface area contributed by atoms with Gasteiger partial charge in [-0.25, -0.2) is 0 Å². The lowest BCUT2D eigenvalue weighted by Crippen LogP contribution is -3.14. The average Bonchev–Trinajstić information content (AvgIpc) is 1.82. The quantitative estimate of drug-likeness (QED) is 0.477. The summed E-state index contributed by atoms with van der Waals surface area (Å²) in [5, 5.41) is 0. The molecule has 0 spiro atoms. The molecule has 10 heavy (non-hydrogen) atoms. The number of carbonyl (C=O) groups excluding carboxylic acids is 1. The van der Waals surface area contributed by atoms with Crippen molar-refractivity contribution in [2.75, 3.05) is 13.6 Å². The smallest absolute Gasteiger partial charge is 0.212 e. The zero-order valence-corrected chi connectivity index (χ0v) is 6.77. The van der Waals surface area contributed by atoms with E-state index < -0.39 is 0 Å². The third-order valence-electron chi connectivity index (χ3n) is 2.11. The Morgan fingerprint density at radius 3 is 2.80 bits per heavy atom. The van der Waals surface area contributed by atoms with Gasteiger partial charge in [-0.1, -0.05) is 0 Å². The SMILES string of the molecule is CC1=CC(=O)[C@H](C)[NH+](C)C1. The van der Waals surface area contributed by atoms with Crippen LogP contribution in [0.2, 0.25) is 0 Å². The van der Waals surface area contributed by atoms with Crippen molar-refractivity contribution in [2.45, 2.75) is 19.9 Å². The van der Waals surface area contributed by atoms with Crippen LogP contribution in [-0.2, 0) is 4.79 Å². The maximum Gasteiger partial charge on any atom is 0.212 e. The molecule has 2 nitrogen and oxygen atoms in total. The van der Waals surface area contributed by atoms with E-state index in [2.05, 4.69) is 7.05 Å². The number of hydrogen-bond acceptors (Lipinski definition) is 1. The van der Waals surface area contributed by atoms with Gasteiger partial charge in [0, 0.05) is 0 Å². The fourth-order valence-electron chi connectivity index (χ4n) is 1.25. The van der Waals surface area contributed by atoms with E-state index in [1.807, 2.05) is 13.8 Å². The summed E-state index contributed by atoms with van der Waals surface area (Å²) in [5.74, 6) is 0.265. The molecule has 0 aromatic heterocycles. The first kappa shape index (κ1) is 7.48. The molecule has 1 unspecified atom stereocenters. The largest absolute Gasteiger partial charge is 0.325 e. The normalized spacial score (nSPS) is 33.9. The zero-order valence-electron chi connectivity index (χ0n) is 6.77. The van der Waals surface area contributed by atoms with Crippen LogP contribution in [0, 0.1) is 0 Å². The lowest BCUT2D eigenvalue weighted by molar-refractivity contribution is -0.890. The Morgan fingerprint density at radius 2 is 2.30 bits per heavy atom. The van der Waals surface area contributed by atoms with Gasteiger partial charge in [-0.05, 0) is 25.5 Å². The van der Waals surface area contributed by atoms with Crippen molar-refractivity contribution in [2.24, 2.45) is 0 Å². The van der Waals surface area contributed by atoms with Crippen LogP contribution in [0.3, 0.4) is 0 Å². The summed E-state index contributed by atoms with van der Waals surface area (Å²) >= 11 is 0. The number of rotatable bonds is 0. The molecule has 1 rings (SSSR count). The van der Waals surface area contributed by atoms with Crippen LogP contribution in [0.1, 0.15) is 13.8 Å². The van der Waals surface area contributed by atoms with Gasteiger partial charge in [0.25, 0.3) is 0 Å². The predicted octanol–water partition coefficient (Wildman–Crippen LogP) is -0.581. The number of quaternary nitrogens is 1. The Hall–Kier alpha value is -0.630. The molecule has 0 radical (unpaired) electrons. The van der Waals surface area contributed by atoms with Crippen LogP contribution in [-0.4, -0.2) is 25.4 Å². The van der Waals surface area contributed by atoms with Gasteiger partial charge in [0.15, 0.2) is 0 Å². The van der Waals surface area contributed by atoms with Crippen molar-refractivity contribution in [1.29, 1.82) is 0 Å². The fourth-order valence-corrected chi connectivity index (χ4v) is 1.25. The van der Waals surface area contributed by atoms with Crippen LogP contribution < -0.4 is 4.90 Å². The van der Waals surface area contributed by atoms with E-state index >= 15 is 0 Å². The highest BCUT2D eigenvalue weighted by Gasteiger charge is 2.24. The van der Waals surface area contributed by atoms with Crippen molar-refractivity contribution < 1.29 is 9.69 Å². The van der Waals surface area contributed by atoms with Crippen LogP contribution in [0.15, 0.2) is 11.6 Å². The maximum absolute atomic E-state index is 11.1. The molecule has 0 saturated carbocycles. The van der Waals surface area contributed by atoms with Gasteiger partial charge < -0.3 is 4.90 Å². The summed E-state index contributed by atoms with van der Waals surface area (Å²) < 4.78 is 0.